The van der Waals surface area contributed by atoms with Crippen LogP contribution in [0.2, 0.25) is 0 Å². The van der Waals surface area contributed by atoms with E-state index in [2.05, 4.69) is 210 Å². The number of hydrogen-bond donors (Lipinski definition) is 1. The molecular weight excluding hydrogens is 665 g/mol. The summed E-state index contributed by atoms with van der Waals surface area (Å²) in [6.45, 7) is 0. The van der Waals surface area contributed by atoms with Gasteiger partial charge in [-0.25, -0.2) is 0 Å². The first-order valence-corrected chi connectivity index (χ1v) is 19.1. The number of rotatable bonds is 4. The predicted molar refractivity (Wildman–Crippen MR) is 230 cm³/mol. The molecule has 9 aromatic carbocycles. The monoisotopic (exact) mass is 698 g/mol. The van der Waals surface area contributed by atoms with Gasteiger partial charge in [-0.2, -0.15) is 0 Å². The Bertz CT molecular complexity index is 3120. The summed E-state index contributed by atoms with van der Waals surface area (Å²) in [5.74, 6) is 0. The number of fused-ring (bicyclic) bond motifs is 14. The Morgan fingerprint density at radius 3 is 1.64 bits per heavy atom. The summed E-state index contributed by atoms with van der Waals surface area (Å²) >= 11 is 0. The number of aromatic nitrogens is 1. The standard InChI is InChI=1S/C53H34N2/c1-2-12-36-31-37(22-21-34(36)11-1)35-23-25-38(26-24-35)54-39-27-30-52-46(32-39)45-16-6-10-20-51(45)55(52)40-28-29-44-43-15-5-9-19-49(43)53(50(44)33-40)47-17-7-3-13-41(47)42-14-4-8-18-48(42)53/h1-33,54H. The SMILES string of the molecule is c1ccc2c(c1)-c1ccccc1C21c2ccccc2-c2ccc(-n3c4ccccc4c4cc(Nc5ccc(-c6ccc7ccccc7c6)cc5)ccc43)cc21. The Hall–Kier alpha value is -7.16. The second-order valence-corrected chi connectivity index (χ2v) is 15.0. The lowest BCUT2D eigenvalue weighted by molar-refractivity contribution is 0.792. The number of hydrogen-bond acceptors (Lipinski definition) is 1. The van der Waals surface area contributed by atoms with E-state index in [-0.39, 0.29) is 5.41 Å². The molecule has 0 atom stereocenters. The Labute approximate surface area is 319 Å². The van der Waals surface area contributed by atoms with Gasteiger partial charge in [0.2, 0.25) is 0 Å². The number of nitrogens with one attached hydrogen (secondary N) is 1. The van der Waals surface area contributed by atoms with Crippen molar-refractivity contribution in [2.45, 2.75) is 5.41 Å². The van der Waals surface area contributed by atoms with Crippen molar-refractivity contribution in [3.63, 3.8) is 0 Å². The van der Waals surface area contributed by atoms with E-state index in [0.29, 0.717) is 0 Å². The van der Waals surface area contributed by atoms with Crippen LogP contribution in [0.5, 0.6) is 0 Å². The molecule has 256 valence electrons. The summed E-state index contributed by atoms with van der Waals surface area (Å²) in [4.78, 5) is 0. The Balaban J connectivity index is 0.974. The zero-order valence-electron chi connectivity index (χ0n) is 30.0. The molecule has 1 aromatic heterocycles. The fourth-order valence-electron chi connectivity index (χ4n) is 9.83. The van der Waals surface area contributed by atoms with E-state index in [4.69, 9.17) is 0 Å². The van der Waals surface area contributed by atoms with E-state index in [9.17, 15) is 0 Å². The topological polar surface area (TPSA) is 17.0 Å². The number of nitrogens with zero attached hydrogens (tertiary/aromatic N) is 1. The van der Waals surface area contributed by atoms with Crippen LogP contribution in [0.25, 0.3) is 71.6 Å². The molecule has 0 saturated heterocycles. The van der Waals surface area contributed by atoms with Crippen LogP contribution < -0.4 is 5.32 Å². The van der Waals surface area contributed by atoms with Crippen molar-refractivity contribution in [1.29, 1.82) is 0 Å². The van der Waals surface area contributed by atoms with Crippen LogP contribution >= 0.6 is 0 Å². The highest BCUT2D eigenvalue weighted by atomic mass is 15.0. The van der Waals surface area contributed by atoms with Gasteiger partial charge in [-0.15, -0.1) is 0 Å². The zero-order valence-corrected chi connectivity index (χ0v) is 30.0. The van der Waals surface area contributed by atoms with E-state index in [1.54, 1.807) is 0 Å². The van der Waals surface area contributed by atoms with Gasteiger partial charge in [0.15, 0.2) is 0 Å². The molecule has 0 fully saturated rings. The highest BCUT2D eigenvalue weighted by Gasteiger charge is 2.51. The Kier molecular flexibility index (Phi) is 6.29. The summed E-state index contributed by atoms with van der Waals surface area (Å²) in [5, 5.41) is 8.69. The fraction of sp³-hybridized carbons (Fsp3) is 0.0189. The molecule has 0 amide bonds. The lowest BCUT2D eigenvalue weighted by atomic mass is 9.70. The van der Waals surface area contributed by atoms with E-state index in [1.165, 1.54) is 93.9 Å². The maximum atomic E-state index is 3.70. The average Bonchev–Trinajstić information content (AvgIpc) is 3.85. The zero-order chi connectivity index (χ0) is 36.1. The highest BCUT2D eigenvalue weighted by Crippen LogP contribution is 2.63. The van der Waals surface area contributed by atoms with Crippen molar-refractivity contribution >= 4 is 44.0 Å². The minimum absolute atomic E-state index is 0.380. The first kappa shape index (κ1) is 30.3. The van der Waals surface area contributed by atoms with E-state index < -0.39 is 0 Å². The average molecular weight is 699 g/mol. The van der Waals surface area contributed by atoms with Crippen LogP contribution in [-0.2, 0) is 5.41 Å². The molecular formula is C53H34N2. The molecule has 55 heavy (non-hydrogen) atoms. The van der Waals surface area contributed by atoms with Crippen molar-refractivity contribution in [2.75, 3.05) is 5.32 Å². The first-order chi connectivity index (χ1) is 27.3. The van der Waals surface area contributed by atoms with Crippen molar-refractivity contribution < 1.29 is 0 Å². The molecule has 0 aliphatic heterocycles. The summed E-state index contributed by atoms with van der Waals surface area (Å²) in [6.07, 6.45) is 0. The minimum Gasteiger partial charge on any atom is -0.356 e. The third-order valence-corrected chi connectivity index (χ3v) is 12.2. The summed E-state index contributed by atoms with van der Waals surface area (Å²) in [7, 11) is 0. The molecule has 10 aromatic rings. The summed E-state index contributed by atoms with van der Waals surface area (Å²) in [5.41, 5.74) is 18.5. The quantitative estimate of drug-likeness (QED) is 0.194. The molecule has 1 N–H and O–H groups in total. The Morgan fingerprint density at radius 1 is 0.345 bits per heavy atom. The predicted octanol–water partition coefficient (Wildman–Crippen LogP) is 13.7. The molecule has 0 unspecified atom stereocenters. The molecule has 2 aliphatic rings. The highest BCUT2D eigenvalue weighted by molar-refractivity contribution is 6.10. The lowest BCUT2D eigenvalue weighted by Crippen LogP contribution is -2.26. The number of anilines is 2. The van der Waals surface area contributed by atoms with Crippen LogP contribution in [-0.4, -0.2) is 4.57 Å². The van der Waals surface area contributed by atoms with Gasteiger partial charge in [-0.1, -0.05) is 146 Å². The normalized spacial score (nSPS) is 13.2. The number of para-hydroxylation sites is 1. The third-order valence-electron chi connectivity index (χ3n) is 12.2. The second-order valence-electron chi connectivity index (χ2n) is 15.0. The summed E-state index contributed by atoms with van der Waals surface area (Å²) < 4.78 is 2.45. The van der Waals surface area contributed by atoms with Gasteiger partial charge >= 0.3 is 0 Å². The molecule has 0 radical (unpaired) electrons. The molecule has 0 saturated carbocycles. The van der Waals surface area contributed by atoms with Gasteiger partial charge < -0.3 is 9.88 Å². The van der Waals surface area contributed by atoms with Crippen LogP contribution in [0.4, 0.5) is 11.4 Å². The smallest absolute Gasteiger partial charge is 0.0726 e. The van der Waals surface area contributed by atoms with Gasteiger partial charge in [0.05, 0.1) is 16.4 Å². The Morgan fingerprint density at radius 2 is 0.909 bits per heavy atom. The van der Waals surface area contributed by atoms with Crippen molar-refractivity contribution in [3.8, 4) is 39.1 Å². The van der Waals surface area contributed by atoms with Gasteiger partial charge in [0.25, 0.3) is 0 Å². The van der Waals surface area contributed by atoms with Gasteiger partial charge in [-0.3, -0.25) is 0 Å². The van der Waals surface area contributed by atoms with E-state index >= 15 is 0 Å². The first-order valence-electron chi connectivity index (χ1n) is 19.1. The molecule has 1 spiro atoms. The summed E-state index contributed by atoms with van der Waals surface area (Å²) in [6, 6.07) is 73.8. The molecule has 12 rings (SSSR count). The largest absolute Gasteiger partial charge is 0.356 e. The molecule has 1 heterocycles. The van der Waals surface area contributed by atoms with Crippen molar-refractivity contribution in [1.82, 2.24) is 4.57 Å². The van der Waals surface area contributed by atoms with Crippen LogP contribution in [0.3, 0.4) is 0 Å². The molecule has 2 aliphatic carbocycles. The van der Waals surface area contributed by atoms with Crippen LogP contribution in [0.15, 0.2) is 200 Å². The maximum absolute atomic E-state index is 3.70. The van der Waals surface area contributed by atoms with Crippen molar-refractivity contribution in [3.05, 3.63) is 222 Å². The van der Waals surface area contributed by atoms with Crippen molar-refractivity contribution in [2.24, 2.45) is 0 Å². The molecule has 2 nitrogen and oxygen atoms in total. The van der Waals surface area contributed by atoms with Gasteiger partial charge in [-0.05, 0) is 121 Å². The maximum Gasteiger partial charge on any atom is 0.0726 e. The van der Waals surface area contributed by atoms with E-state index in [1.807, 2.05) is 0 Å². The lowest BCUT2D eigenvalue weighted by Gasteiger charge is -2.30. The van der Waals surface area contributed by atoms with Gasteiger partial charge in [0.1, 0.15) is 0 Å². The fourth-order valence-corrected chi connectivity index (χ4v) is 9.83. The number of benzene rings is 9. The van der Waals surface area contributed by atoms with Crippen LogP contribution in [0.1, 0.15) is 22.3 Å². The minimum atomic E-state index is -0.380. The third kappa shape index (κ3) is 4.25. The van der Waals surface area contributed by atoms with Gasteiger partial charge in [0, 0.05) is 27.8 Å². The van der Waals surface area contributed by atoms with E-state index in [0.717, 1.165) is 11.4 Å². The second kappa shape index (κ2) is 11.4. The molecule has 2 heteroatoms. The van der Waals surface area contributed by atoms with Crippen LogP contribution in [0, 0.1) is 0 Å². The molecule has 0 bridgehead atoms.